The molecular weight excluding hydrogens is 406 g/mol. The van der Waals surface area contributed by atoms with Gasteiger partial charge in [0, 0.05) is 13.1 Å². The third kappa shape index (κ3) is 8.40. The number of nitrogens with two attached hydrogens (primary N) is 3. The summed E-state index contributed by atoms with van der Waals surface area (Å²) in [6.45, 7) is 4.02. The van der Waals surface area contributed by atoms with Gasteiger partial charge in [0.15, 0.2) is 5.96 Å². The van der Waals surface area contributed by atoms with E-state index in [9.17, 15) is 24.3 Å². The van der Waals surface area contributed by atoms with E-state index in [1.54, 1.807) is 6.92 Å². The van der Waals surface area contributed by atoms with Crippen molar-refractivity contribution < 1.29 is 24.3 Å². The highest BCUT2D eigenvalue weighted by Crippen LogP contribution is 2.17. The lowest BCUT2D eigenvalue weighted by Crippen LogP contribution is -2.55. The van der Waals surface area contributed by atoms with Crippen molar-refractivity contribution in [2.24, 2.45) is 28.1 Å². The lowest BCUT2D eigenvalue weighted by atomic mass is 9.97. The van der Waals surface area contributed by atoms with Crippen LogP contribution in [0.1, 0.15) is 46.0 Å². The molecule has 0 aromatic rings. The second kappa shape index (κ2) is 12.7. The molecule has 1 rings (SSSR count). The molecule has 0 aromatic heterocycles. The Balaban J connectivity index is 2.62. The first-order valence-electron chi connectivity index (χ1n) is 10.5. The summed E-state index contributed by atoms with van der Waals surface area (Å²) in [5.74, 6) is -2.77. The monoisotopic (exact) mass is 441 g/mol. The summed E-state index contributed by atoms with van der Waals surface area (Å²) < 4.78 is 0. The zero-order chi connectivity index (χ0) is 23.6. The summed E-state index contributed by atoms with van der Waals surface area (Å²) in [4.78, 5) is 53.8. The molecule has 31 heavy (non-hydrogen) atoms. The van der Waals surface area contributed by atoms with Crippen LogP contribution in [0.4, 0.5) is 0 Å². The quantitative estimate of drug-likeness (QED) is 0.114. The minimum atomic E-state index is -1.06. The lowest BCUT2D eigenvalue weighted by Gasteiger charge is -2.26. The molecule has 3 amide bonds. The highest BCUT2D eigenvalue weighted by molar-refractivity contribution is 5.92. The van der Waals surface area contributed by atoms with Gasteiger partial charge in [-0.15, -0.1) is 0 Å². The van der Waals surface area contributed by atoms with E-state index in [2.05, 4.69) is 15.6 Å². The van der Waals surface area contributed by atoms with Gasteiger partial charge in [-0.2, -0.15) is 0 Å². The molecule has 4 atom stereocenters. The molecule has 0 aromatic carbocycles. The van der Waals surface area contributed by atoms with E-state index in [-0.39, 0.29) is 18.4 Å². The molecule has 1 aliphatic heterocycles. The maximum Gasteiger partial charge on any atom is 0.326 e. The molecule has 1 fully saturated rings. The number of hydrogen-bond donors (Lipinski definition) is 6. The van der Waals surface area contributed by atoms with Gasteiger partial charge in [0.25, 0.3) is 0 Å². The average Bonchev–Trinajstić information content (AvgIpc) is 3.22. The summed E-state index contributed by atoms with van der Waals surface area (Å²) in [6.07, 6.45) is 2.44. The summed E-state index contributed by atoms with van der Waals surface area (Å²) >= 11 is 0. The van der Waals surface area contributed by atoms with Crippen LogP contribution >= 0.6 is 0 Å². The maximum atomic E-state index is 12.7. The predicted molar refractivity (Wildman–Crippen MR) is 115 cm³/mol. The number of carboxylic acid groups (broad SMARTS) is 1. The predicted octanol–water partition coefficient (Wildman–Crippen LogP) is -1.91. The van der Waals surface area contributed by atoms with Crippen LogP contribution in [0.2, 0.25) is 0 Å². The largest absolute Gasteiger partial charge is 0.480 e. The van der Waals surface area contributed by atoms with E-state index in [4.69, 9.17) is 17.2 Å². The smallest absolute Gasteiger partial charge is 0.326 e. The standard InChI is InChI=1S/C19H35N7O5/c1-3-11(2)15(25-16(28)12(20)6-4-8-23-19(21)22)17(29)24-10-14(27)26-9-5-7-13(26)18(30)31/h11-13,15H,3-10,20H2,1-2H3,(H,24,29)(H,25,28)(H,30,31)(H4,21,22,23). The number of carbonyl (C=O) groups is 4. The van der Waals surface area contributed by atoms with Gasteiger partial charge < -0.3 is 37.8 Å². The number of amides is 3. The summed E-state index contributed by atoms with van der Waals surface area (Å²) in [7, 11) is 0. The molecular formula is C19H35N7O5. The normalized spacial score (nSPS) is 18.5. The van der Waals surface area contributed by atoms with Gasteiger partial charge in [0.1, 0.15) is 12.1 Å². The molecule has 0 aliphatic carbocycles. The first-order valence-corrected chi connectivity index (χ1v) is 10.5. The van der Waals surface area contributed by atoms with Crippen molar-refractivity contribution in [3.8, 4) is 0 Å². The third-order valence-electron chi connectivity index (χ3n) is 5.37. The molecule has 4 unspecified atom stereocenters. The SMILES string of the molecule is CCC(C)C(NC(=O)C(N)CCCN=C(N)N)C(=O)NCC(=O)N1CCCC1C(=O)O. The fourth-order valence-corrected chi connectivity index (χ4v) is 3.31. The Kier molecular flexibility index (Phi) is 10.7. The molecule has 1 heterocycles. The number of guanidine groups is 1. The Morgan fingerprint density at radius 3 is 2.48 bits per heavy atom. The fourth-order valence-electron chi connectivity index (χ4n) is 3.31. The first-order chi connectivity index (χ1) is 14.6. The number of aliphatic carboxylic acids is 1. The minimum Gasteiger partial charge on any atom is -0.480 e. The van der Waals surface area contributed by atoms with E-state index < -0.39 is 41.8 Å². The Labute approximate surface area is 182 Å². The number of likely N-dealkylation sites (tertiary alicyclic amines) is 1. The van der Waals surface area contributed by atoms with Gasteiger partial charge in [-0.25, -0.2) is 4.79 Å². The van der Waals surface area contributed by atoms with Crippen molar-refractivity contribution in [2.75, 3.05) is 19.6 Å². The lowest BCUT2D eigenvalue weighted by molar-refractivity contribution is -0.148. The van der Waals surface area contributed by atoms with Crippen molar-refractivity contribution in [2.45, 2.75) is 64.1 Å². The number of carboxylic acids is 1. The number of nitrogens with one attached hydrogen (secondary N) is 2. The van der Waals surface area contributed by atoms with E-state index in [1.165, 1.54) is 4.90 Å². The Hall–Kier alpha value is -2.89. The van der Waals surface area contributed by atoms with Crippen LogP contribution in [-0.4, -0.2) is 77.4 Å². The molecule has 0 bridgehead atoms. The Morgan fingerprint density at radius 2 is 1.90 bits per heavy atom. The topological polar surface area (TPSA) is 206 Å². The van der Waals surface area contributed by atoms with Crippen LogP contribution in [0, 0.1) is 5.92 Å². The highest BCUT2D eigenvalue weighted by atomic mass is 16.4. The first kappa shape index (κ1) is 26.1. The van der Waals surface area contributed by atoms with Gasteiger partial charge in [-0.05, 0) is 31.6 Å². The summed E-state index contributed by atoms with van der Waals surface area (Å²) in [5, 5.41) is 14.4. The summed E-state index contributed by atoms with van der Waals surface area (Å²) in [5.41, 5.74) is 16.4. The zero-order valence-corrected chi connectivity index (χ0v) is 18.2. The number of carbonyl (C=O) groups excluding carboxylic acids is 3. The number of rotatable bonds is 12. The van der Waals surface area contributed by atoms with Crippen LogP contribution in [0.15, 0.2) is 4.99 Å². The average molecular weight is 442 g/mol. The molecule has 0 saturated carbocycles. The van der Waals surface area contributed by atoms with Crippen molar-refractivity contribution in [1.29, 1.82) is 0 Å². The maximum absolute atomic E-state index is 12.7. The van der Waals surface area contributed by atoms with Gasteiger partial charge in [-0.1, -0.05) is 20.3 Å². The number of aliphatic imine (C=N–C) groups is 1. The van der Waals surface area contributed by atoms with Gasteiger partial charge in [-0.3, -0.25) is 19.4 Å². The summed E-state index contributed by atoms with van der Waals surface area (Å²) in [6, 6.07) is -2.58. The highest BCUT2D eigenvalue weighted by Gasteiger charge is 2.34. The van der Waals surface area contributed by atoms with Crippen LogP contribution in [0.5, 0.6) is 0 Å². The second-order valence-corrected chi connectivity index (χ2v) is 7.73. The van der Waals surface area contributed by atoms with Crippen molar-refractivity contribution >= 4 is 29.7 Å². The molecule has 12 nitrogen and oxygen atoms in total. The number of hydrogen-bond acceptors (Lipinski definition) is 6. The van der Waals surface area contributed by atoms with Crippen LogP contribution in [0.3, 0.4) is 0 Å². The minimum absolute atomic E-state index is 0.0373. The molecule has 1 saturated heterocycles. The van der Waals surface area contributed by atoms with E-state index in [1.807, 2.05) is 6.92 Å². The molecule has 176 valence electrons. The second-order valence-electron chi connectivity index (χ2n) is 7.73. The molecule has 9 N–H and O–H groups in total. The van der Waals surface area contributed by atoms with Gasteiger partial charge >= 0.3 is 5.97 Å². The van der Waals surface area contributed by atoms with Gasteiger partial charge in [0.2, 0.25) is 17.7 Å². The fraction of sp³-hybridized carbons (Fsp3) is 0.737. The van der Waals surface area contributed by atoms with Crippen LogP contribution in [0.25, 0.3) is 0 Å². The molecule has 0 spiro atoms. The molecule has 12 heteroatoms. The van der Waals surface area contributed by atoms with E-state index in [0.29, 0.717) is 45.2 Å². The Morgan fingerprint density at radius 1 is 1.23 bits per heavy atom. The third-order valence-corrected chi connectivity index (χ3v) is 5.37. The van der Waals surface area contributed by atoms with Gasteiger partial charge in [0.05, 0.1) is 12.6 Å². The number of nitrogens with zero attached hydrogens (tertiary/aromatic N) is 2. The van der Waals surface area contributed by atoms with E-state index in [0.717, 1.165) is 0 Å². The zero-order valence-electron chi connectivity index (χ0n) is 18.2. The van der Waals surface area contributed by atoms with Crippen LogP contribution in [-0.2, 0) is 19.2 Å². The van der Waals surface area contributed by atoms with Crippen LogP contribution < -0.4 is 27.8 Å². The van der Waals surface area contributed by atoms with Crippen molar-refractivity contribution in [3.63, 3.8) is 0 Å². The van der Waals surface area contributed by atoms with Crippen molar-refractivity contribution in [1.82, 2.24) is 15.5 Å². The molecule has 0 radical (unpaired) electrons. The Bertz CT molecular complexity index is 681. The van der Waals surface area contributed by atoms with E-state index >= 15 is 0 Å². The van der Waals surface area contributed by atoms with Crippen molar-refractivity contribution in [3.05, 3.63) is 0 Å². The molecule has 1 aliphatic rings.